The fraction of sp³-hybridized carbons (Fsp3) is 0.250. The minimum Gasteiger partial charge on any atom is -0.481 e. The van der Waals surface area contributed by atoms with Crippen LogP contribution in [0.5, 0.6) is 0 Å². The Hall–Kier alpha value is -4.95. The maximum atomic E-state index is 16.3. The molecule has 3 N–H and O–H groups in total. The van der Waals surface area contributed by atoms with Crippen LogP contribution in [0.1, 0.15) is 40.0 Å². The first-order valence-electron chi connectivity index (χ1n) is 14.6. The van der Waals surface area contributed by atoms with Crippen molar-refractivity contribution in [2.45, 2.75) is 45.6 Å². The third kappa shape index (κ3) is 6.51. The van der Waals surface area contributed by atoms with Crippen molar-refractivity contribution in [1.29, 1.82) is 0 Å². The van der Waals surface area contributed by atoms with Crippen molar-refractivity contribution in [3.8, 4) is 11.1 Å². The zero-order chi connectivity index (χ0) is 33.5. The van der Waals surface area contributed by atoms with Crippen molar-refractivity contribution in [3.05, 3.63) is 71.7 Å². The first-order valence-corrected chi connectivity index (χ1v) is 15.7. The molecule has 3 aromatic heterocycles. The number of nitrogens with one attached hydrogen (secondary N) is 2. The minimum atomic E-state index is -0.744. The van der Waals surface area contributed by atoms with E-state index in [0.29, 0.717) is 22.1 Å². The van der Waals surface area contributed by atoms with Crippen LogP contribution in [0.2, 0.25) is 5.02 Å². The van der Waals surface area contributed by atoms with Gasteiger partial charge in [-0.2, -0.15) is 0 Å². The number of carboxylic acid groups (broad SMARTS) is 1. The second kappa shape index (κ2) is 12.7. The fourth-order valence-electron chi connectivity index (χ4n) is 4.96. The van der Waals surface area contributed by atoms with Crippen LogP contribution in [-0.2, 0) is 9.53 Å². The molecule has 1 aliphatic heterocycles. The first-order chi connectivity index (χ1) is 22.4. The maximum absolute atomic E-state index is 16.3. The molecule has 0 radical (unpaired) electrons. The number of benzene rings is 2. The molecule has 11 nitrogen and oxygen atoms in total. The molecule has 7 rings (SSSR count). The number of pyridine rings is 1. The Balaban J connectivity index is 0.000000491. The highest BCUT2D eigenvalue weighted by atomic mass is 35.5. The number of hydrogen-bond acceptors (Lipinski definition) is 9. The van der Waals surface area contributed by atoms with Crippen LogP contribution in [0.25, 0.3) is 49.0 Å². The van der Waals surface area contributed by atoms with Crippen molar-refractivity contribution in [2.75, 3.05) is 5.32 Å². The number of hydrogen-bond donors (Lipinski definition) is 3. The molecule has 1 fully saturated rings. The van der Waals surface area contributed by atoms with E-state index in [2.05, 4.69) is 30.9 Å². The average Bonchev–Trinajstić information content (AvgIpc) is 3.49. The number of rotatable bonds is 4. The Labute approximate surface area is 275 Å². The lowest BCUT2D eigenvalue weighted by Crippen LogP contribution is -2.27. The van der Waals surface area contributed by atoms with E-state index < -0.39 is 29.3 Å². The van der Waals surface area contributed by atoms with Crippen molar-refractivity contribution in [3.63, 3.8) is 0 Å². The smallest absolute Gasteiger partial charge is 0.413 e. The van der Waals surface area contributed by atoms with E-state index >= 15 is 4.39 Å². The van der Waals surface area contributed by atoms with Crippen LogP contribution in [0.15, 0.2) is 55.0 Å². The van der Waals surface area contributed by atoms with E-state index in [1.54, 1.807) is 43.9 Å². The van der Waals surface area contributed by atoms with Crippen molar-refractivity contribution >= 4 is 78.0 Å². The molecule has 47 heavy (non-hydrogen) atoms. The van der Waals surface area contributed by atoms with Gasteiger partial charge in [0, 0.05) is 28.9 Å². The molecule has 1 aliphatic carbocycles. The van der Waals surface area contributed by atoms with E-state index in [1.165, 1.54) is 18.3 Å². The predicted molar refractivity (Wildman–Crippen MR) is 177 cm³/mol. The van der Waals surface area contributed by atoms with Crippen LogP contribution in [0, 0.1) is 17.6 Å². The highest BCUT2D eigenvalue weighted by molar-refractivity contribution is 7.22. The lowest BCUT2D eigenvalue weighted by molar-refractivity contribution is -0.144. The number of fused-ring (bicyclic) bond motifs is 4. The lowest BCUT2D eigenvalue weighted by Gasteiger charge is -2.19. The van der Waals surface area contributed by atoms with E-state index in [-0.39, 0.29) is 42.9 Å². The van der Waals surface area contributed by atoms with E-state index in [0.717, 1.165) is 30.6 Å². The van der Waals surface area contributed by atoms with Crippen molar-refractivity contribution < 1.29 is 28.2 Å². The molecule has 1 saturated carbocycles. The second-order valence-corrected chi connectivity index (χ2v) is 13.2. The highest BCUT2D eigenvalue weighted by Gasteiger charge is 2.25. The number of thiazole rings is 1. The topological polar surface area (TPSA) is 144 Å². The monoisotopic (exact) mass is 679 g/mol. The Morgan fingerprint density at radius 3 is 2.66 bits per heavy atom. The van der Waals surface area contributed by atoms with Crippen LogP contribution >= 0.6 is 22.9 Å². The summed E-state index contributed by atoms with van der Waals surface area (Å²) in [5.74, 6) is -1.91. The Bertz CT molecular complexity index is 2150. The van der Waals surface area contributed by atoms with Gasteiger partial charge in [-0.15, -0.1) is 5.10 Å². The summed E-state index contributed by atoms with van der Waals surface area (Å²) in [7, 11) is 0. The third-order valence-corrected chi connectivity index (χ3v) is 8.61. The molecular formula is C32H28ClF2N7O4S. The van der Waals surface area contributed by atoms with Gasteiger partial charge in [0.05, 0.1) is 33.1 Å². The van der Waals surface area contributed by atoms with E-state index in [9.17, 15) is 14.0 Å². The average molecular weight is 680 g/mol. The van der Waals surface area contributed by atoms with Crippen LogP contribution in [0.4, 0.5) is 18.7 Å². The molecule has 0 spiro atoms. The van der Waals surface area contributed by atoms with Gasteiger partial charge in [-0.05, 0) is 64.0 Å². The summed E-state index contributed by atoms with van der Waals surface area (Å²) in [6.45, 7) is 5.16. The van der Waals surface area contributed by atoms with Gasteiger partial charge in [-0.1, -0.05) is 40.6 Å². The van der Waals surface area contributed by atoms with Gasteiger partial charge in [0.25, 0.3) is 0 Å². The number of halogens is 3. The van der Waals surface area contributed by atoms with Gasteiger partial charge >= 0.3 is 12.1 Å². The zero-order valence-electron chi connectivity index (χ0n) is 25.3. The predicted octanol–water partition coefficient (Wildman–Crippen LogP) is 7.88. The number of aromatic nitrogens is 5. The molecule has 242 valence electrons. The number of nitrogens with zero attached hydrogens (tertiary/aromatic N) is 5. The number of carbonyl (C=O) groups excluding carboxylic acids is 1. The van der Waals surface area contributed by atoms with Crippen LogP contribution < -0.4 is 10.6 Å². The van der Waals surface area contributed by atoms with Crippen LogP contribution in [-0.4, -0.2) is 47.7 Å². The normalized spacial score (nSPS) is 14.6. The maximum Gasteiger partial charge on any atom is 0.413 e. The van der Waals surface area contributed by atoms with Gasteiger partial charge in [0.1, 0.15) is 28.0 Å². The first kappa shape index (κ1) is 32.0. The number of aliphatic carboxylic acids is 1. The fourth-order valence-corrected chi connectivity index (χ4v) is 6.13. The Morgan fingerprint density at radius 2 is 1.98 bits per heavy atom. The third-order valence-electron chi connectivity index (χ3n) is 7.33. The van der Waals surface area contributed by atoms with Crippen LogP contribution in [0.3, 0.4) is 0 Å². The van der Waals surface area contributed by atoms with E-state index in [1.807, 2.05) is 18.2 Å². The summed E-state index contributed by atoms with van der Waals surface area (Å²) >= 11 is 7.60. The number of ether oxygens (including phenoxy) is 1. The zero-order valence-corrected chi connectivity index (χ0v) is 26.9. The molecule has 5 aromatic rings. The minimum absolute atomic E-state index is 0.000000000000000444. The van der Waals surface area contributed by atoms with E-state index in [4.69, 9.17) is 21.4 Å². The van der Waals surface area contributed by atoms with Gasteiger partial charge in [0.15, 0.2) is 10.9 Å². The summed E-state index contributed by atoms with van der Waals surface area (Å²) in [6.07, 6.45) is 12.5. The molecular weight excluding hydrogens is 652 g/mol. The number of allylic oxidation sites excluding steroid dienone is 4. The van der Waals surface area contributed by atoms with Gasteiger partial charge < -0.3 is 15.2 Å². The number of amides is 1. The molecule has 1 amide bonds. The molecule has 2 aliphatic rings. The van der Waals surface area contributed by atoms with Crippen molar-refractivity contribution in [1.82, 2.24) is 30.3 Å². The Morgan fingerprint density at radius 1 is 1.19 bits per heavy atom. The highest BCUT2D eigenvalue weighted by Crippen LogP contribution is 2.42. The number of anilines is 1. The number of carbonyl (C=O) groups is 2. The molecule has 4 heterocycles. The lowest BCUT2D eigenvalue weighted by atomic mass is 9.86. The molecule has 0 atom stereocenters. The summed E-state index contributed by atoms with van der Waals surface area (Å²) < 4.78 is 38.0. The second-order valence-electron chi connectivity index (χ2n) is 11.8. The quantitative estimate of drug-likeness (QED) is 0.173. The standard InChI is InChI=1S/C27H20ClF2N7O2S.C5H8O2/c1-27(2,3)39-26(38)34-25-33-22-14(7-8-17(29)24(22)40-25)19-16(28)10-15-21(20(19)30)32-12-18-23(15)37(36-35-18)13-6-4-5-9-31-11-13;6-5(7)4-2-1-3-4/h4-12,31H,1-3H3,(H,33,34,38);4H,1-3H2,(H,6,7). The SMILES string of the molecule is CC(C)(C)OC(=O)Nc1nc2c(-c3c(Cl)cc4c(ncc5nnn(C6=CNC=CC=C6)c54)c3F)ccc(F)c2s1.O=C(O)C1CCC1. The molecule has 2 aromatic carbocycles. The Kier molecular flexibility index (Phi) is 8.64. The van der Waals surface area contributed by atoms with Crippen molar-refractivity contribution in [2.24, 2.45) is 5.92 Å². The largest absolute Gasteiger partial charge is 0.481 e. The van der Waals surface area contributed by atoms with Gasteiger partial charge in [-0.25, -0.2) is 23.2 Å². The number of carboxylic acids is 1. The summed E-state index contributed by atoms with van der Waals surface area (Å²) in [5.41, 5.74) is 1.29. The molecule has 0 saturated heterocycles. The molecule has 15 heteroatoms. The molecule has 0 bridgehead atoms. The van der Waals surface area contributed by atoms with Gasteiger partial charge in [-0.3, -0.25) is 15.1 Å². The summed E-state index contributed by atoms with van der Waals surface area (Å²) in [5, 5.41) is 22.7. The summed E-state index contributed by atoms with van der Waals surface area (Å²) in [4.78, 5) is 30.9. The van der Waals surface area contributed by atoms with Gasteiger partial charge in [0.2, 0.25) is 0 Å². The summed E-state index contributed by atoms with van der Waals surface area (Å²) in [6, 6.07) is 4.18. The molecule has 0 unspecified atom stereocenters.